The van der Waals surface area contributed by atoms with Gasteiger partial charge in [0.25, 0.3) is 0 Å². The van der Waals surface area contributed by atoms with Crippen LogP contribution >= 0.6 is 0 Å². The molecule has 0 amide bonds. The molecule has 0 aliphatic heterocycles. The lowest BCUT2D eigenvalue weighted by molar-refractivity contribution is 0.733. The smallest absolute Gasteiger partial charge is 0.0462 e. The third-order valence-corrected chi connectivity index (χ3v) is 13.5. The molecule has 0 saturated heterocycles. The molecular formula is C62H68N2. The average Bonchev–Trinajstić information content (AvgIpc) is 3.36. The molecule has 2 nitrogen and oxygen atoms in total. The molecule has 0 aromatic heterocycles. The van der Waals surface area contributed by atoms with Gasteiger partial charge in [-0.3, -0.25) is 0 Å². The molecule has 7 rings (SSSR count). The predicted octanol–water partition coefficient (Wildman–Crippen LogP) is 19.0. The normalized spacial score (nSPS) is 13.5. The highest BCUT2D eigenvalue weighted by Gasteiger charge is 2.16. The van der Waals surface area contributed by atoms with Crippen LogP contribution in [0.4, 0.5) is 34.1 Å². The van der Waals surface area contributed by atoms with Crippen LogP contribution in [0.1, 0.15) is 149 Å². The van der Waals surface area contributed by atoms with Crippen LogP contribution < -0.4 is 9.80 Å². The minimum Gasteiger partial charge on any atom is -0.311 e. The maximum absolute atomic E-state index is 2.37. The first-order valence-electron chi connectivity index (χ1n) is 23.8. The van der Waals surface area contributed by atoms with E-state index in [-0.39, 0.29) is 0 Å². The summed E-state index contributed by atoms with van der Waals surface area (Å²) >= 11 is 0. The van der Waals surface area contributed by atoms with Gasteiger partial charge in [0.1, 0.15) is 0 Å². The first-order chi connectivity index (χ1) is 31.2. The molecule has 326 valence electrons. The van der Waals surface area contributed by atoms with Crippen molar-refractivity contribution in [3.05, 3.63) is 214 Å². The summed E-state index contributed by atoms with van der Waals surface area (Å²) < 4.78 is 0. The first-order valence-corrected chi connectivity index (χ1v) is 23.8. The van der Waals surface area contributed by atoms with Crippen LogP contribution in [0.5, 0.6) is 0 Å². The zero-order valence-electron chi connectivity index (χ0n) is 39.5. The van der Waals surface area contributed by atoms with Crippen molar-refractivity contribution in [2.45, 2.75) is 105 Å². The maximum Gasteiger partial charge on any atom is 0.0462 e. The lowest BCUT2D eigenvalue weighted by Crippen LogP contribution is -2.10. The summed E-state index contributed by atoms with van der Waals surface area (Å²) in [5, 5.41) is 0. The molecule has 64 heavy (non-hydrogen) atoms. The van der Waals surface area contributed by atoms with Gasteiger partial charge in [0.15, 0.2) is 0 Å². The van der Waals surface area contributed by atoms with Crippen LogP contribution in [0.25, 0.3) is 24.3 Å². The van der Waals surface area contributed by atoms with Crippen molar-refractivity contribution in [2.75, 3.05) is 9.80 Å². The predicted molar refractivity (Wildman–Crippen MR) is 281 cm³/mol. The lowest BCUT2D eigenvalue weighted by Gasteiger charge is -2.26. The summed E-state index contributed by atoms with van der Waals surface area (Å²) in [6.45, 7) is 18.2. The van der Waals surface area contributed by atoms with Gasteiger partial charge in [-0.25, -0.2) is 0 Å². The molecule has 0 aliphatic carbocycles. The molecule has 7 aromatic rings. The topological polar surface area (TPSA) is 6.48 Å². The Balaban J connectivity index is 1.03. The van der Waals surface area contributed by atoms with Gasteiger partial charge in [-0.15, -0.1) is 0 Å². The zero-order valence-corrected chi connectivity index (χ0v) is 39.5. The minimum atomic E-state index is 0.546. The van der Waals surface area contributed by atoms with Crippen molar-refractivity contribution in [3.63, 3.8) is 0 Å². The molecule has 4 atom stereocenters. The van der Waals surface area contributed by atoms with Gasteiger partial charge < -0.3 is 9.80 Å². The monoisotopic (exact) mass is 841 g/mol. The van der Waals surface area contributed by atoms with Gasteiger partial charge in [-0.05, 0) is 167 Å². The van der Waals surface area contributed by atoms with Crippen LogP contribution in [0, 0.1) is 0 Å². The van der Waals surface area contributed by atoms with Gasteiger partial charge in [0, 0.05) is 34.1 Å². The van der Waals surface area contributed by atoms with Crippen molar-refractivity contribution < 1.29 is 0 Å². The van der Waals surface area contributed by atoms with E-state index in [0.717, 1.165) is 37.1 Å². The molecular weight excluding hydrogens is 773 g/mol. The first kappa shape index (κ1) is 45.6. The Kier molecular flexibility index (Phi) is 15.6. The number of hydrogen-bond acceptors (Lipinski definition) is 2. The Morgan fingerprint density at radius 2 is 0.422 bits per heavy atom. The van der Waals surface area contributed by atoms with Crippen molar-refractivity contribution in [3.8, 4) is 0 Å². The van der Waals surface area contributed by atoms with E-state index >= 15 is 0 Å². The van der Waals surface area contributed by atoms with Gasteiger partial charge in [0.2, 0.25) is 0 Å². The molecule has 0 radical (unpaired) electrons. The Labute approximate surface area is 385 Å². The third kappa shape index (κ3) is 11.2. The van der Waals surface area contributed by atoms with E-state index < -0.39 is 0 Å². The quantitative estimate of drug-likeness (QED) is 0.0794. The average molecular weight is 841 g/mol. The molecule has 0 fully saturated rings. The van der Waals surface area contributed by atoms with E-state index in [2.05, 4.69) is 259 Å². The van der Waals surface area contributed by atoms with E-state index in [1.165, 1.54) is 67.3 Å². The van der Waals surface area contributed by atoms with Crippen molar-refractivity contribution >= 4 is 58.4 Å². The lowest BCUT2D eigenvalue weighted by atomic mass is 9.97. The maximum atomic E-state index is 2.37. The van der Waals surface area contributed by atoms with Crippen LogP contribution in [0.2, 0.25) is 0 Å². The van der Waals surface area contributed by atoms with Gasteiger partial charge in [-0.1, -0.05) is 177 Å². The Hall–Kier alpha value is -6.38. The van der Waals surface area contributed by atoms with Gasteiger partial charge in [-0.2, -0.15) is 0 Å². The minimum absolute atomic E-state index is 0.546. The molecule has 2 heteroatoms. The fourth-order valence-electron chi connectivity index (χ4n) is 8.22. The highest BCUT2D eigenvalue weighted by atomic mass is 15.1. The molecule has 7 aromatic carbocycles. The number of benzene rings is 7. The Bertz CT molecular complexity index is 2250. The largest absolute Gasteiger partial charge is 0.311 e. The molecule has 0 N–H and O–H groups in total. The summed E-state index contributed by atoms with van der Waals surface area (Å²) in [4.78, 5) is 4.73. The molecule has 4 unspecified atom stereocenters. The van der Waals surface area contributed by atoms with Crippen LogP contribution in [-0.4, -0.2) is 0 Å². The van der Waals surface area contributed by atoms with Crippen LogP contribution in [0.3, 0.4) is 0 Å². The van der Waals surface area contributed by atoms with Gasteiger partial charge >= 0.3 is 0 Å². The molecule has 0 saturated carbocycles. The second-order valence-electron chi connectivity index (χ2n) is 17.8. The van der Waals surface area contributed by atoms with Crippen molar-refractivity contribution in [1.82, 2.24) is 0 Å². The zero-order chi connectivity index (χ0) is 45.0. The summed E-state index contributed by atoms with van der Waals surface area (Å²) in [7, 11) is 0. The molecule has 0 heterocycles. The van der Waals surface area contributed by atoms with E-state index in [1.807, 2.05) is 0 Å². The molecule has 0 spiro atoms. The summed E-state index contributed by atoms with van der Waals surface area (Å²) in [5.41, 5.74) is 17.2. The van der Waals surface area contributed by atoms with Gasteiger partial charge in [0.05, 0.1) is 0 Å². The summed E-state index contributed by atoms with van der Waals surface area (Å²) in [6.07, 6.45) is 13.3. The molecule has 0 aliphatic rings. The van der Waals surface area contributed by atoms with Crippen LogP contribution in [-0.2, 0) is 0 Å². The second-order valence-corrected chi connectivity index (χ2v) is 17.8. The summed E-state index contributed by atoms with van der Waals surface area (Å²) in [6, 6.07) is 63.0. The number of rotatable bonds is 18. The number of hydrogen-bond donors (Lipinski definition) is 0. The van der Waals surface area contributed by atoms with E-state index in [9.17, 15) is 0 Å². The van der Waals surface area contributed by atoms with E-state index in [4.69, 9.17) is 0 Å². The number of anilines is 6. The highest BCUT2D eigenvalue weighted by molar-refractivity contribution is 5.80. The fraction of sp³-hybridized carbons (Fsp3) is 0.258. The Morgan fingerprint density at radius 1 is 0.266 bits per heavy atom. The van der Waals surface area contributed by atoms with Crippen molar-refractivity contribution in [1.29, 1.82) is 0 Å². The Morgan fingerprint density at radius 3 is 0.594 bits per heavy atom. The molecule has 0 bridgehead atoms. The summed E-state index contributed by atoms with van der Waals surface area (Å²) in [5.74, 6) is 2.18. The number of nitrogens with zero attached hydrogens (tertiary/aromatic N) is 2. The van der Waals surface area contributed by atoms with E-state index in [1.54, 1.807) is 0 Å². The van der Waals surface area contributed by atoms with Crippen LogP contribution in [0.15, 0.2) is 170 Å². The van der Waals surface area contributed by atoms with Crippen molar-refractivity contribution in [2.24, 2.45) is 0 Å². The van der Waals surface area contributed by atoms with E-state index in [0.29, 0.717) is 23.7 Å². The fourth-order valence-corrected chi connectivity index (χ4v) is 8.22. The second kappa shape index (κ2) is 21.8. The SMILES string of the molecule is CCC(C)c1ccc(N(c2ccc(/C=C/c3ccc(/C=C/c4ccc(N(c5ccc(C(C)CC)cc5)c5ccc(C(C)CC)cc5)cc4)cc3)cc2)c2ccc(C(C)CC)cc2)cc1. The highest BCUT2D eigenvalue weighted by Crippen LogP contribution is 2.38. The third-order valence-electron chi connectivity index (χ3n) is 13.5. The standard InChI is InChI=1S/C62H68N2/c1-9-45(5)53-25-37-59(38-26-53)63(60-39-27-54(28-40-60)46(6)10-2)57-33-21-51(22-34-57)19-17-49-13-15-50(16-14-49)18-20-52-23-35-58(36-24-52)64(61-41-29-55(30-42-61)47(7)11-3)62-43-31-56(32-44-62)48(8)12-4/h13-48H,9-12H2,1-8H3/b19-17+,20-18+.